The van der Waals surface area contributed by atoms with Crippen molar-refractivity contribution >= 4 is 44.8 Å². The summed E-state index contributed by atoms with van der Waals surface area (Å²) in [5.74, 6) is 0.179. The Morgan fingerprint density at radius 3 is 2.23 bits per heavy atom. The van der Waals surface area contributed by atoms with E-state index in [1.165, 1.54) is 23.8 Å². The van der Waals surface area contributed by atoms with Crippen molar-refractivity contribution in [3.05, 3.63) is 88.4 Å². The number of ether oxygens (including phenoxy) is 1. The Morgan fingerprint density at radius 1 is 0.943 bits per heavy atom. The molecule has 9 heteroatoms. The molecule has 0 spiro atoms. The van der Waals surface area contributed by atoms with Crippen molar-refractivity contribution in [2.75, 3.05) is 24.0 Å². The van der Waals surface area contributed by atoms with Gasteiger partial charge in [0, 0.05) is 0 Å². The number of carbonyl (C=O) groups is 1. The van der Waals surface area contributed by atoms with Crippen LogP contribution in [-0.4, -0.2) is 34.0 Å². The highest BCUT2D eigenvalue weighted by Gasteiger charge is 2.29. The highest BCUT2D eigenvalue weighted by molar-refractivity contribution is 7.92. The lowest BCUT2D eigenvalue weighted by Gasteiger charge is -2.25. The van der Waals surface area contributed by atoms with Gasteiger partial charge in [0.15, 0.2) is 0 Å². The predicted molar refractivity (Wildman–Crippen MR) is 141 cm³/mol. The minimum absolute atomic E-state index is 0.0332. The summed E-state index contributed by atoms with van der Waals surface area (Å²) in [7, 11) is -4.08. The van der Waals surface area contributed by atoms with Gasteiger partial charge in [0.05, 0.1) is 27.2 Å². The number of amides is 1. The minimum atomic E-state index is -4.08. The summed E-state index contributed by atoms with van der Waals surface area (Å²) in [6.45, 7) is 6.35. The molecular formula is C26H28Cl2N2O4S. The third kappa shape index (κ3) is 6.90. The molecule has 6 nitrogen and oxygen atoms in total. The predicted octanol–water partition coefficient (Wildman–Crippen LogP) is 5.68. The van der Waals surface area contributed by atoms with E-state index in [2.05, 4.69) is 26.1 Å². The summed E-state index contributed by atoms with van der Waals surface area (Å²) in [5, 5.41) is 2.93. The molecule has 3 aromatic rings. The zero-order chi connectivity index (χ0) is 25.6. The van der Waals surface area contributed by atoms with Crippen LogP contribution in [0.15, 0.2) is 77.7 Å². The van der Waals surface area contributed by atoms with Crippen LogP contribution in [0.2, 0.25) is 10.0 Å². The Kier molecular flexibility index (Phi) is 8.70. The molecule has 0 unspecified atom stereocenters. The molecular weight excluding hydrogens is 507 g/mol. The van der Waals surface area contributed by atoms with Crippen molar-refractivity contribution in [2.45, 2.75) is 31.1 Å². The second-order valence-corrected chi connectivity index (χ2v) is 11.5. The number of anilines is 1. The van der Waals surface area contributed by atoms with E-state index in [0.717, 1.165) is 4.31 Å². The Hall–Kier alpha value is -2.74. The maximum absolute atomic E-state index is 13.4. The maximum atomic E-state index is 13.4. The van der Waals surface area contributed by atoms with Crippen LogP contribution < -0.4 is 14.4 Å². The lowest BCUT2D eigenvalue weighted by atomic mass is 9.87. The third-order valence-corrected chi connectivity index (χ3v) is 7.81. The molecule has 35 heavy (non-hydrogen) atoms. The molecule has 186 valence electrons. The number of rotatable bonds is 9. The van der Waals surface area contributed by atoms with Crippen LogP contribution in [0.1, 0.15) is 26.3 Å². The SMILES string of the molecule is CC(C)(C)c1ccc(OCCNC(=O)CN(c2cccc(Cl)c2Cl)S(=O)(=O)c2ccccc2)cc1. The van der Waals surface area contributed by atoms with Gasteiger partial charge in [-0.3, -0.25) is 9.10 Å². The third-order valence-electron chi connectivity index (χ3n) is 5.23. The Bertz CT molecular complexity index is 1260. The molecule has 0 saturated heterocycles. The zero-order valence-corrected chi connectivity index (χ0v) is 22.1. The summed E-state index contributed by atoms with van der Waals surface area (Å²) in [5.41, 5.74) is 1.36. The first-order valence-corrected chi connectivity index (χ1v) is 13.2. The van der Waals surface area contributed by atoms with Crippen LogP contribution in [0.3, 0.4) is 0 Å². The lowest BCUT2D eigenvalue weighted by Crippen LogP contribution is -2.42. The first-order valence-electron chi connectivity index (χ1n) is 11.0. The van der Waals surface area contributed by atoms with Gasteiger partial charge >= 0.3 is 0 Å². The van der Waals surface area contributed by atoms with Crippen LogP contribution in [0.4, 0.5) is 5.69 Å². The Labute approximate surface area is 216 Å². The van der Waals surface area contributed by atoms with Crippen molar-refractivity contribution in [1.29, 1.82) is 0 Å². The summed E-state index contributed by atoms with van der Waals surface area (Å²) in [6, 6.07) is 20.3. The van der Waals surface area contributed by atoms with E-state index >= 15 is 0 Å². The number of hydrogen-bond donors (Lipinski definition) is 1. The molecule has 0 aliphatic carbocycles. The molecule has 0 aliphatic rings. The molecule has 0 fully saturated rings. The molecule has 0 aromatic heterocycles. The molecule has 0 saturated carbocycles. The van der Waals surface area contributed by atoms with E-state index < -0.39 is 22.5 Å². The fourth-order valence-corrected chi connectivity index (χ4v) is 5.20. The first-order chi connectivity index (χ1) is 16.5. The molecule has 1 amide bonds. The number of benzene rings is 3. The summed E-state index contributed by atoms with van der Waals surface area (Å²) < 4.78 is 33.4. The number of sulfonamides is 1. The van der Waals surface area contributed by atoms with Crippen molar-refractivity contribution in [3.63, 3.8) is 0 Å². The first kappa shape index (κ1) is 26.9. The van der Waals surface area contributed by atoms with Crippen LogP contribution in [0.25, 0.3) is 0 Å². The molecule has 3 aromatic carbocycles. The van der Waals surface area contributed by atoms with Gasteiger partial charge in [-0.15, -0.1) is 0 Å². The van der Waals surface area contributed by atoms with Gasteiger partial charge in [-0.05, 0) is 47.4 Å². The fourth-order valence-electron chi connectivity index (χ4n) is 3.30. The van der Waals surface area contributed by atoms with E-state index in [4.69, 9.17) is 27.9 Å². The molecule has 0 aliphatic heterocycles. The van der Waals surface area contributed by atoms with Gasteiger partial charge < -0.3 is 10.1 Å². The average Bonchev–Trinajstić information content (AvgIpc) is 2.82. The van der Waals surface area contributed by atoms with E-state index in [-0.39, 0.29) is 39.2 Å². The average molecular weight is 535 g/mol. The molecule has 0 radical (unpaired) electrons. The number of nitrogens with one attached hydrogen (secondary N) is 1. The molecule has 0 heterocycles. The number of halogens is 2. The zero-order valence-electron chi connectivity index (χ0n) is 19.8. The van der Waals surface area contributed by atoms with Gasteiger partial charge in [0.2, 0.25) is 5.91 Å². The smallest absolute Gasteiger partial charge is 0.264 e. The molecule has 1 N–H and O–H groups in total. The number of hydrogen-bond acceptors (Lipinski definition) is 4. The Balaban J connectivity index is 1.68. The standard InChI is InChI=1S/C26H28Cl2N2O4S/c1-26(2,3)19-12-14-20(15-13-19)34-17-16-29-24(31)18-30(23-11-7-10-22(27)25(23)28)35(32,33)21-8-5-4-6-9-21/h4-15H,16-18H2,1-3H3,(H,29,31). The van der Waals surface area contributed by atoms with Crippen LogP contribution >= 0.6 is 23.2 Å². The van der Waals surface area contributed by atoms with Gasteiger partial charge in [0.1, 0.15) is 18.9 Å². The lowest BCUT2D eigenvalue weighted by molar-refractivity contribution is -0.119. The topological polar surface area (TPSA) is 75.7 Å². The highest BCUT2D eigenvalue weighted by Crippen LogP contribution is 2.35. The highest BCUT2D eigenvalue weighted by atomic mass is 35.5. The molecule has 0 bridgehead atoms. The minimum Gasteiger partial charge on any atom is -0.492 e. The van der Waals surface area contributed by atoms with Crippen molar-refractivity contribution in [2.24, 2.45) is 0 Å². The molecule has 0 atom stereocenters. The summed E-state index contributed by atoms with van der Waals surface area (Å²) in [4.78, 5) is 12.8. The fraction of sp³-hybridized carbons (Fsp3) is 0.269. The van der Waals surface area contributed by atoms with E-state index in [1.807, 2.05) is 24.3 Å². The summed E-state index contributed by atoms with van der Waals surface area (Å²) in [6.07, 6.45) is 0. The van der Waals surface area contributed by atoms with E-state index in [9.17, 15) is 13.2 Å². The second kappa shape index (κ2) is 11.3. The monoisotopic (exact) mass is 534 g/mol. The largest absolute Gasteiger partial charge is 0.492 e. The van der Waals surface area contributed by atoms with Crippen LogP contribution in [0, 0.1) is 0 Å². The van der Waals surface area contributed by atoms with Gasteiger partial charge in [-0.2, -0.15) is 0 Å². The quantitative estimate of drug-likeness (QED) is 0.358. The number of nitrogens with zero attached hydrogens (tertiary/aromatic N) is 1. The van der Waals surface area contributed by atoms with Crippen molar-refractivity contribution in [1.82, 2.24) is 5.32 Å². The normalized spacial score (nSPS) is 11.7. The van der Waals surface area contributed by atoms with Crippen LogP contribution in [-0.2, 0) is 20.2 Å². The van der Waals surface area contributed by atoms with E-state index in [1.54, 1.807) is 30.3 Å². The van der Waals surface area contributed by atoms with E-state index in [0.29, 0.717) is 5.75 Å². The second-order valence-electron chi connectivity index (χ2n) is 8.87. The van der Waals surface area contributed by atoms with Crippen molar-refractivity contribution < 1.29 is 17.9 Å². The Morgan fingerprint density at radius 2 is 1.60 bits per heavy atom. The van der Waals surface area contributed by atoms with Crippen molar-refractivity contribution in [3.8, 4) is 5.75 Å². The maximum Gasteiger partial charge on any atom is 0.264 e. The number of carbonyl (C=O) groups excluding carboxylic acids is 1. The van der Waals surface area contributed by atoms with Gasteiger partial charge in [0.25, 0.3) is 10.0 Å². The molecule has 3 rings (SSSR count). The van der Waals surface area contributed by atoms with Crippen LogP contribution in [0.5, 0.6) is 5.75 Å². The van der Waals surface area contributed by atoms with Gasteiger partial charge in [-0.25, -0.2) is 8.42 Å². The summed E-state index contributed by atoms with van der Waals surface area (Å²) >= 11 is 12.4. The van der Waals surface area contributed by atoms with Gasteiger partial charge in [-0.1, -0.05) is 80.4 Å².